The van der Waals surface area contributed by atoms with Gasteiger partial charge in [0.25, 0.3) is 0 Å². The van der Waals surface area contributed by atoms with E-state index < -0.39 is 0 Å². The smallest absolute Gasteiger partial charge is 0.191 e. The highest BCUT2D eigenvalue weighted by Gasteiger charge is 2.05. The van der Waals surface area contributed by atoms with Crippen LogP contribution in [0.15, 0.2) is 53.7 Å². The molecule has 2 aromatic carbocycles. The molecule has 0 aliphatic heterocycles. The Hall–Kier alpha value is -2.82. The topological polar surface area (TPSA) is 52.2 Å². The average molecular weight is 338 g/mol. The minimum Gasteiger partial charge on any atom is -0.361 e. The van der Waals surface area contributed by atoms with Crippen molar-refractivity contribution in [2.75, 3.05) is 13.6 Å². The number of aryl methyl sites for hydroxylation is 1. The molecule has 0 unspecified atom stereocenters. The predicted octanol–water partition coefficient (Wildman–Crippen LogP) is 3.52. The van der Waals surface area contributed by atoms with Crippen molar-refractivity contribution in [3.8, 4) is 0 Å². The number of hydrogen-bond donors (Lipinski definition) is 3. The van der Waals surface area contributed by atoms with E-state index in [2.05, 4.69) is 39.7 Å². The second-order valence-electron chi connectivity index (χ2n) is 6.03. The fraction of sp³-hybridized carbons (Fsp3) is 0.250. The summed E-state index contributed by atoms with van der Waals surface area (Å²) in [5.74, 6) is 0.550. The van der Waals surface area contributed by atoms with E-state index in [0.29, 0.717) is 0 Å². The molecule has 0 amide bonds. The van der Waals surface area contributed by atoms with E-state index in [1.54, 1.807) is 7.05 Å². The van der Waals surface area contributed by atoms with Gasteiger partial charge in [-0.15, -0.1) is 0 Å². The third-order valence-electron chi connectivity index (χ3n) is 4.35. The fourth-order valence-electron chi connectivity index (χ4n) is 2.89. The Bertz CT molecular complexity index is 882. The average Bonchev–Trinajstić information content (AvgIpc) is 3.01. The van der Waals surface area contributed by atoms with Gasteiger partial charge >= 0.3 is 0 Å². The first-order valence-electron chi connectivity index (χ1n) is 8.42. The quantitative estimate of drug-likeness (QED) is 0.492. The molecule has 0 radical (unpaired) electrons. The van der Waals surface area contributed by atoms with Gasteiger partial charge in [0.05, 0.1) is 0 Å². The SMILES string of the molecule is CN=C(NCCc1c[nH]c2cc(F)ccc12)NCc1ccccc1C. The van der Waals surface area contributed by atoms with Crippen molar-refractivity contribution >= 4 is 16.9 Å². The molecule has 0 aliphatic carbocycles. The van der Waals surface area contributed by atoms with Crippen molar-refractivity contribution in [1.29, 1.82) is 0 Å². The number of H-pyrrole nitrogens is 1. The molecule has 0 saturated heterocycles. The molecule has 4 nitrogen and oxygen atoms in total. The van der Waals surface area contributed by atoms with Gasteiger partial charge in [-0.05, 0) is 48.2 Å². The van der Waals surface area contributed by atoms with Gasteiger partial charge in [-0.25, -0.2) is 4.39 Å². The molecule has 25 heavy (non-hydrogen) atoms. The number of hydrogen-bond acceptors (Lipinski definition) is 1. The molecule has 5 heteroatoms. The number of nitrogens with zero attached hydrogens (tertiary/aromatic N) is 1. The number of aliphatic imine (C=N–C) groups is 1. The molecule has 3 N–H and O–H groups in total. The summed E-state index contributed by atoms with van der Waals surface area (Å²) < 4.78 is 13.2. The summed E-state index contributed by atoms with van der Waals surface area (Å²) in [6, 6.07) is 13.1. The van der Waals surface area contributed by atoms with Crippen molar-refractivity contribution in [2.45, 2.75) is 19.9 Å². The van der Waals surface area contributed by atoms with Crippen molar-refractivity contribution in [1.82, 2.24) is 15.6 Å². The van der Waals surface area contributed by atoms with Crippen LogP contribution in [0.2, 0.25) is 0 Å². The highest BCUT2D eigenvalue weighted by atomic mass is 19.1. The van der Waals surface area contributed by atoms with Gasteiger partial charge in [0, 0.05) is 37.2 Å². The molecule has 0 aliphatic rings. The molecule has 0 atom stereocenters. The van der Waals surface area contributed by atoms with E-state index in [1.807, 2.05) is 24.4 Å². The zero-order valence-electron chi connectivity index (χ0n) is 14.6. The van der Waals surface area contributed by atoms with Gasteiger partial charge in [0.1, 0.15) is 5.82 Å². The normalized spacial score (nSPS) is 11.7. The standard InChI is InChI=1S/C20H23FN4/c1-14-5-3-4-6-15(14)12-25-20(22-2)23-10-9-16-13-24-19-11-17(21)7-8-18(16)19/h3-8,11,13,24H,9-10,12H2,1-2H3,(H2,22,23,25). The maximum absolute atomic E-state index is 13.2. The Morgan fingerprint density at radius 1 is 1.12 bits per heavy atom. The number of aromatic amines is 1. The molecule has 3 aromatic rings. The van der Waals surface area contributed by atoms with Crippen LogP contribution in [0.4, 0.5) is 4.39 Å². The number of benzene rings is 2. The Morgan fingerprint density at radius 3 is 2.76 bits per heavy atom. The Balaban J connectivity index is 1.54. The van der Waals surface area contributed by atoms with E-state index in [9.17, 15) is 4.39 Å². The van der Waals surface area contributed by atoms with Crippen molar-refractivity contribution in [2.24, 2.45) is 4.99 Å². The van der Waals surface area contributed by atoms with Crippen LogP contribution in [0.25, 0.3) is 10.9 Å². The van der Waals surface area contributed by atoms with E-state index in [0.717, 1.165) is 41.9 Å². The first-order chi connectivity index (χ1) is 12.2. The number of halogens is 1. The van der Waals surface area contributed by atoms with E-state index in [1.165, 1.54) is 23.3 Å². The summed E-state index contributed by atoms with van der Waals surface area (Å²) in [6.45, 7) is 3.59. The van der Waals surface area contributed by atoms with Crippen LogP contribution in [-0.2, 0) is 13.0 Å². The van der Waals surface area contributed by atoms with Crippen LogP contribution >= 0.6 is 0 Å². The second-order valence-corrected chi connectivity index (χ2v) is 6.03. The summed E-state index contributed by atoms with van der Waals surface area (Å²) in [5, 5.41) is 7.72. The lowest BCUT2D eigenvalue weighted by Gasteiger charge is -2.13. The molecule has 0 bridgehead atoms. The van der Waals surface area contributed by atoms with Crippen molar-refractivity contribution in [3.63, 3.8) is 0 Å². The lowest BCUT2D eigenvalue weighted by atomic mass is 10.1. The van der Waals surface area contributed by atoms with Gasteiger partial charge in [0.15, 0.2) is 5.96 Å². The van der Waals surface area contributed by atoms with E-state index >= 15 is 0 Å². The summed E-state index contributed by atoms with van der Waals surface area (Å²) in [5.41, 5.74) is 4.51. The highest BCUT2D eigenvalue weighted by Crippen LogP contribution is 2.19. The monoisotopic (exact) mass is 338 g/mol. The zero-order chi connectivity index (χ0) is 17.6. The number of aromatic nitrogens is 1. The Labute approximate surface area is 147 Å². The first kappa shape index (κ1) is 17.0. The largest absolute Gasteiger partial charge is 0.361 e. The number of guanidine groups is 1. The molecular formula is C20H23FN4. The summed E-state index contributed by atoms with van der Waals surface area (Å²) in [7, 11) is 1.77. The van der Waals surface area contributed by atoms with Crippen LogP contribution in [0.3, 0.4) is 0 Å². The van der Waals surface area contributed by atoms with Crippen LogP contribution in [0.5, 0.6) is 0 Å². The molecule has 3 rings (SSSR count). The van der Waals surface area contributed by atoms with Crippen molar-refractivity contribution in [3.05, 3.63) is 71.2 Å². The Morgan fingerprint density at radius 2 is 1.96 bits per heavy atom. The van der Waals surface area contributed by atoms with Gasteiger partial charge < -0.3 is 15.6 Å². The molecular weight excluding hydrogens is 315 g/mol. The van der Waals surface area contributed by atoms with Crippen molar-refractivity contribution < 1.29 is 4.39 Å². The second kappa shape index (κ2) is 7.83. The van der Waals surface area contributed by atoms with E-state index in [-0.39, 0.29) is 5.82 Å². The van der Waals surface area contributed by atoms with Crippen LogP contribution < -0.4 is 10.6 Å². The maximum Gasteiger partial charge on any atom is 0.191 e. The molecule has 130 valence electrons. The molecule has 0 fully saturated rings. The predicted molar refractivity (Wildman–Crippen MR) is 101 cm³/mol. The molecule has 1 heterocycles. The zero-order valence-corrected chi connectivity index (χ0v) is 14.6. The van der Waals surface area contributed by atoms with Crippen LogP contribution in [-0.4, -0.2) is 24.5 Å². The third-order valence-corrected chi connectivity index (χ3v) is 4.35. The molecule has 1 aromatic heterocycles. The van der Waals surface area contributed by atoms with E-state index in [4.69, 9.17) is 0 Å². The highest BCUT2D eigenvalue weighted by molar-refractivity contribution is 5.83. The summed E-state index contributed by atoms with van der Waals surface area (Å²) >= 11 is 0. The Kier molecular flexibility index (Phi) is 5.33. The molecule has 0 spiro atoms. The lowest BCUT2D eigenvalue weighted by Crippen LogP contribution is -2.37. The minimum absolute atomic E-state index is 0.222. The summed E-state index contributed by atoms with van der Waals surface area (Å²) in [6.07, 6.45) is 2.77. The number of nitrogens with one attached hydrogen (secondary N) is 3. The van der Waals surface area contributed by atoms with Gasteiger partial charge in [0.2, 0.25) is 0 Å². The van der Waals surface area contributed by atoms with Crippen LogP contribution in [0.1, 0.15) is 16.7 Å². The minimum atomic E-state index is -0.222. The third kappa shape index (κ3) is 4.18. The summed E-state index contributed by atoms with van der Waals surface area (Å²) in [4.78, 5) is 7.38. The molecule has 0 saturated carbocycles. The van der Waals surface area contributed by atoms with Gasteiger partial charge in [-0.3, -0.25) is 4.99 Å². The fourth-order valence-corrected chi connectivity index (χ4v) is 2.89. The maximum atomic E-state index is 13.2. The van der Waals surface area contributed by atoms with Gasteiger partial charge in [-0.1, -0.05) is 24.3 Å². The lowest BCUT2D eigenvalue weighted by molar-refractivity contribution is 0.629. The van der Waals surface area contributed by atoms with Crippen LogP contribution in [0, 0.1) is 12.7 Å². The van der Waals surface area contributed by atoms with Gasteiger partial charge in [-0.2, -0.15) is 0 Å². The number of rotatable bonds is 5. The first-order valence-corrected chi connectivity index (χ1v) is 8.42. The number of fused-ring (bicyclic) bond motifs is 1.